The van der Waals surface area contributed by atoms with E-state index in [-0.39, 0.29) is 6.10 Å². The Hall–Kier alpha value is -0.590. The summed E-state index contributed by atoms with van der Waals surface area (Å²) in [7, 11) is 1.50. The van der Waals surface area contributed by atoms with Crippen LogP contribution in [-0.2, 0) is 4.74 Å². The molecule has 0 aliphatic carbocycles. The van der Waals surface area contributed by atoms with Crippen molar-refractivity contribution in [2.45, 2.75) is 12.5 Å². The third kappa shape index (κ3) is 2.56. The van der Waals surface area contributed by atoms with Gasteiger partial charge in [-0.2, -0.15) is 5.26 Å². The highest BCUT2D eigenvalue weighted by Gasteiger charge is 2.00. The average molecular weight is 114 g/mol. The molecular formula is C5H10N2O. The number of nitriles is 1. The van der Waals surface area contributed by atoms with Gasteiger partial charge in [0.2, 0.25) is 0 Å². The summed E-state index contributed by atoms with van der Waals surface area (Å²) >= 11 is 0. The van der Waals surface area contributed by atoms with Gasteiger partial charge in [0.05, 0.1) is 6.07 Å². The van der Waals surface area contributed by atoms with Gasteiger partial charge in [-0.15, -0.1) is 0 Å². The van der Waals surface area contributed by atoms with Crippen molar-refractivity contribution in [3.05, 3.63) is 0 Å². The van der Waals surface area contributed by atoms with Crippen molar-refractivity contribution in [3.8, 4) is 6.07 Å². The van der Waals surface area contributed by atoms with E-state index >= 15 is 0 Å². The maximum atomic E-state index is 8.23. The minimum atomic E-state index is -0.319. The molecule has 0 aromatic carbocycles. The van der Waals surface area contributed by atoms with Crippen molar-refractivity contribution >= 4 is 0 Å². The van der Waals surface area contributed by atoms with Gasteiger partial charge in [0.15, 0.2) is 0 Å². The molecule has 0 saturated carbocycles. The van der Waals surface area contributed by atoms with E-state index in [2.05, 4.69) is 0 Å². The fourth-order valence-corrected chi connectivity index (χ4v) is 0.386. The Bertz CT molecular complexity index is 86.9. The molecule has 0 radical (unpaired) electrons. The molecule has 0 aliphatic rings. The molecule has 1 atom stereocenters. The van der Waals surface area contributed by atoms with Crippen LogP contribution in [-0.4, -0.2) is 19.8 Å². The van der Waals surface area contributed by atoms with Crippen molar-refractivity contribution < 1.29 is 4.74 Å². The van der Waals surface area contributed by atoms with E-state index in [1.807, 2.05) is 6.07 Å². The van der Waals surface area contributed by atoms with Crippen molar-refractivity contribution in [1.29, 1.82) is 5.26 Å². The molecule has 3 nitrogen and oxygen atoms in total. The number of methoxy groups -OCH3 is 1. The van der Waals surface area contributed by atoms with Crippen LogP contribution in [0.2, 0.25) is 0 Å². The lowest BCUT2D eigenvalue weighted by molar-refractivity contribution is 0.141. The highest BCUT2D eigenvalue weighted by Crippen LogP contribution is 1.90. The van der Waals surface area contributed by atoms with Gasteiger partial charge in [-0.3, -0.25) is 0 Å². The van der Waals surface area contributed by atoms with Gasteiger partial charge in [-0.25, -0.2) is 0 Å². The molecule has 2 N–H and O–H groups in total. The van der Waals surface area contributed by atoms with E-state index in [0.717, 1.165) is 0 Å². The summed E-state index contributed by atoms with van der Waals surface area (Å²) in [5, 5.41) is 8.23. The second kappa shape index (κ2) is 4.57. The van der Waals surface area contributed by atoms with Gasteiger partial charge < -0.3 is 10.5 Å². The van der Waals surface area contributed by atoms with Crippen LogP contribution >= 0.6 is 0 Å². The molecule has 0 aromatic rings. The summed E-state index contributed by atoms with van der Waals surface area (Å²) in [5.41, 5.74) is 5.15. The fraction of sp³-hybridized carbons (Fsp3) is 0.800. The predicted octanol–water partition coefficient (Wildman–Crippen LogP) is -0.126. The quantitative estimate of drug-likeness (QED) is 0.556. The number of ether oxygens (including phenoxy) is 1. The van der Waals surface area contributed by atoms with Gasteiger partial charge in [-0.1, -0.05) is 0 Å². The number of hydrogen-bond acceptors (Lipinski definition) is 3. The molecule has 0 rings (SSSR count). The van der Waals surface area contributed by atoms with Crippen LogP contribution in [0.15, 0.2) is 0 Å². The summed E-state index contributed by atoms with van der Waals surface area (Å²) in [5.74, 6) is 0. The smallest absolute Gasteiger partial charge is 0.144 e. The number of nitrogens with zero attached hydrogens (tertiary/aromatic N) is 1. The van der Waals surface area contributed by atoms with Gasteiger partial charge >= 0.3 is 0 Å². The van der Waals surface area contributed by atoms with E-state index in [4.69, 9.17) is 15.7 Å². The summed E-state index contributed by atoms with van der Waals surface area (Å²) < 4.78 is 4.70. The van der Waals surface area contributed by atoms with Crippen molar-refractivity contribution in [2.75, 3.05) is 13.7 Å². The monoisotopic (exact) mass is 114 g/mol. The topological polar surface area (TPSA) is 59.0 Å². The van der Waals surface area contributed by atoms with E-state index in [0.29, 0.717) is 13.0 Å². The van der Waals surface area contributed by atoms with Crippen molar-refractivity contribution in [1.82, 2.24) is 0 Å². The SMILES string of the molecule is COC(C#N)CCN. The largest absolute Gasteiger partial charge is 0.366 e. The summed E-state index contributed by atoms with van der Waals surface area (Å²) in [4.78, 5) is 0. The number of hydrogen-bond donors (Lipinski definition) is 1. The van der Waals surface area contributed by atoms with E-state index in [1.54, 1.807) is 0 Å². The Kier molecular flexibility index (Phi) is 4.23. The van der Waals surface area contributed by atoms with E-state index < -0.39 is 0 Å². The summed E-state index contributed by atoms with van der Waals surface area (Å²) in [6.45, 7) is 0.506. The molecular weight excluding hydrogens is 104 g/mol. The number of nitrogens with two attached hydrogens (primary N) is 1. The molecule has 8 heavy (non-hydrogen) atoms. The lowest BCUT2D eigenvalue weighted by Gasteiger charge is -2.01. The maximum Gasteiger partial charge on any atom is 0.144 e. The normalized spacial score (nSPS) is 12.6. The van der Waals surface area contributed by atoms with Crippen LogP contribution in [0.1, 0.15) is 6.42 Å². The lowest BCUT2D eigenvalue weighted by atomic mass is 10.3. The van der Waals surface area contributed by atoms with Crippen LogP contribution in [0.5, 0.6) is 0 Å². The first kappa shape index (κ1) is 7.41. The van der Waals surface area contributed by atoms with Crippen LogP contribution in [0, 0.1) is 11.3 Å². The third-order valence-corrected chi connectivity index (χ3v) is 0.857. The first-order chi connectivity index (χ1) is 3.85. The molecule has 0 aromatic heterocycles. The van der Waals surface area contributed by atoms with Crippen LogP contribution < -0.4 is 5.73 Å². The van der Waals surface area contributed by atoms with Crippen molar-refractivity contribution in [2.24, 2.45) is 5.73 Å². The summed E-state index contributed by atoms with van der Waals surface area (Å²) in [6, 6.07) is 1.95. The fourth-order valence-electron chi connectivity index (χ4n) is 0.386. The average Bonchev–Trinajstić information content (AvgIpc) is 1.83. The minimum Gasteiger partial charge on any atom is -0.366 e. The lowest BCUT2D eigenvalue weighted by Crippen LogP contribution is -2.13. The van der Waals surface area contributed by atoms with Crippen LogP contribution in [0.3, 0.4) is 0 Å². The zero-order valence-corrected chi connectivity index (χ0v) is 4.92. The first-order valence-electron chi connectivity index (χ1n) is 2.47. The van der Waals surface area contributed by atoms with Gasteiger partial charge in [0.25, 0.3) is 0 Å². The van der Waals surface area contributed by atoms with E-state index in [1.165, 1.54) is 7.11 Å². The first-order valence-corrected chi connectivity index (χ1v) is 2.47. The molecule has 0 amide bonds. The molecule has 3 heteroatoms. The third-order valence-electron chi connectivity index (χ3n) is 0.857. The Morgan fingerprint density at radius 1 is 1.88 bits per heavy atom. The Labute approximate surface area is 49.0 Å². The molecule has 0 bridgehead atoms. The maximum absolute atomic E-state index is 8.23. The molecule has 46 valence electrons. The minimum absolute atomic E-state index is 0.319. The Morgan fingerprint density at radius 3 is 2.62 bits per heavy atom. The zero-order chi connectivity index (χ0) is 6.41. The molecule has 0 aliphatic heterocycles. The number of rotatable bonds is 3. The second-order valence-corrected chi connectivity index (χ2v) is 1.43. The Balaban J connectivity index is 3.26. The van der Waals surface area contributed by atoms with Crippen molar-refractivity contribution in [3.63, 3.8) is 0 Å². The second-order valence-electron chi connectivity index (χ2n) is 1.43. The highest BCUT2D eigenvalue weighted by molar-refractivity contribution is 4.83. The van der Waals surface area contributed by atoms with Gasteiger partial charge in [-0.05, 0) is 13.0 Å². The van der Waals surface area contributed by atoms with Crippen LogP contribution in [0.4, 0.5) is 0 Å². The van der Waals surface area contributed by atoms with Gasteiger partial charge in [0, 0.05) is 7.11 Å². The predicted molar refractivity (Wildman–Crippen MR) is 30.1 cm³/mol. The highest BCUT2D eigenvalue weighted by atomic mass is 16.5. The van der Waals surface area contributed by atoms with Crippen LogP contribution in [0.25, 0.3) is 0 Å². The van der Waals surface area contributed by atoms with Gasteiger partial charge in [0.1, 0.15) is 6.10 Å². The Morgan fingerprint density at radius 2 is 2.50 bits per heavy atom. The zero-order valence-electron chi connectivity index (χ0n) is 4.92. The summed E-state index contributed by atoms with van der Waals surface area (Å²) in [6.07, 6.45) is 0.299. The standard InChI is InChI=1S/C5H10N2O/c1-8-5(4-7)2-3-6/h5H,2-3,6H2,1H3. The van der Waals surface area contributed by atoms with E-state index in [9.17, 15) is 0 Å². The molecule has 0 spiro atoms. The molecule has 0 saturated heterocycles. The molecule has 0 heterocycles. The molecule has 0 fully saturated rings. The molecule has 1 unspecified atom stereocenters.